The van der Waals surface area contributed by atoms with Gasteiger partial charge in [-0.2, -0.15) is 0 Å². The highest BCUT2D eigenvalue weighted by molar-refractivity contribution is 5.86. The minimum Gasteiger partial charge on any atom is -0.484 e. The van der Waals surface area contributed by atoms with Crippen molar-refractivity contribution in [2.75, 3.05) is 20.8 Å². The van der Waals surface area contributed by atoms with Crippen LogP contribution in [0.15, 0.2) is 17.1 Å². The van der Waals surface area contributed by atoms with Crippen molar-refractivity contribution >= 4 is 11.9 Å². The van der Waals surface area contributed by atoms with E-state index in [2.05, 4.69) is 11.6 Å². The molecule has 80 valence electrons. The Kier molecular flexibility index (Phi) is 6.45. The molecule has 0 aliphatic carbocycles. The van der Waals surface area contributed by atoms with E-state index in [0.717, 1.165) is 0 Å². The largest absolute Gasteiger partial charge is 0.484 e. The Morgan fingerprint density at radius 3 is 2.57 bits per heavy atom. The van der Waals surface area contributed by atoms with Crippen LogP contribution in [-0.2, 0) is 14.3 Å². The predicted molar refractivity (Wildman–Crippen MR) is 55.4 cm³/mol. The summed E-state index contributed by atoms with van der Waals surface area (Å²) >= 11 is 0. The number of nitrogens with zero attached hydrogens (tertiary/aromatic N) is 1. The highest BCUT2D eigenvalue weighted by Crippen LogP contribution is 1.98. The van der Waals surface area contributed by atoms with Gasteiger partial charge in [-0.1, -0.05) is 6.58 Å². The number of methoxy groups -OCH3 is 1. The van der Waals surface area contributed by atoms with Crippen LogP contribution in [-0.4, -0.2) is 32.6 Å². The number of esters is 1. The molecule has 0 spiro atoms. The number of ether oxygens (including phenoxy) is 2. The molecule has 0 aromatic heterocycles. The third-order valence-electron chi connectivity index (χ3n) is 1.60. The Morgan fingerprint density at radius 1 is 1.50 bits per heavy atom. The maximum atomic E-state index is 10.9. The fourth-order valence-corrected chi connectivity index (χ4v) is 0.817. The average molecular weight is 199 g/mol. The quantitative estimate of drug-likeness (QED) is 0.222. The first-order valence-corrected chi connectivity index (χ1v) is 4.44. The van der Waals surface area contributed by atoms with Crippen molar-refractivity contribution in [3.63, 3.8) is 0 Å². The summed E-state index contributed by atoms with van der Waals surface area (Å²) in [6, 6.07) is 0. The van der Waals surface area contributed by atoms with Gasteiger partial charge in [0.1, 0.15) is 0 Å². The molecule has 0 N–H and O–H groups in total. The summed E-state index contributed by atoms with van der Waals surface area (Å²) in [6.07, 6.45) is 1.38. The van der Waals surface area contributed by atoms with E-state index in [1.54, 1.807) is 21.1 Å². The maximum absolute atomic E-state index is 10.9. The first-order valence-electron chi connectivity index (χ1n) is 4.44. The zero-order chi connectivity index (χ0) is 11.0. The average Bonchev–Trinajstić information content (AvgIpc) is 2.17. The van der Waals surface area contributed by atoms with Gasteiger partial charge in [0.2, 0.25) is 0 Å². The Bertz CT molecular complexity index is 230. The molecule has 0 aromatic carbocycles. The van der Waals surface area contributed by atoms with Crippen LogP contribution in [0.1, 0.15) is 19.8 Å². The molecule has 0 fully saturated rings. The molecule has 0 rings (SSSR count). The van der Waals surface area contributed by atoms with E-state index in [-0.39, 0.29) is 5.97 Å². The summed E-state index contributed by atoms with van der Waals surface area (Å²) in [7, 11) is 3.24. The van der Waals surface area contributed by atoms with Crippen LogP contribution in [0.4, 0.5) is 0 Å². The molecule has 0 amide bonds. The van der Waals surface area contributed by atoms with Gasteiger partial charge in [0.15, 0.2) is 5.90 Å². The Hall–Kier alpha value is -1.32. The van der Waals surface area contributed by atoms with Crippen LogP contribution >= 0.6 is 0 Å². The van der Waals surface area contributed by atoms with E-state index < -0.39 is 0 Å². The predicted octanol–water partition coefficient (Wildman–Crippen LogP) is 1.56. The molecule has 0 radical (unpaired) electrons. The normalized spacial score (nSPS) is 10.9. The molecule has 0 saturated heterocycles. The number of aliphatic imine (C=N–C) groups is 1. The zero-order valence-corrected chi connectivity index (χ0v) is 9.00. The molecule has 0 unspecified atom stereocenters. The second-order valence-electron chi connectivity index (χ2n) is 2.84. The van der Waals surface area contributed by atoms with Crippen molar-refractivity contribution in [2.24, 2.45) is 4.99 Å². The lowest BCUT2D eigenvalue weighted by molar-refractivity contribution is -0.139. The van der Waals surface area contributed by atoms with Crippen LogP contribution in [0.5, 0.6) is 0 Å². The van der Waals surface area contributed by atoms with E-state index in [0.29, 0.717) is 30.9 Å². The Labute approximate surface area is 84.6 Å². The lowest BCUT2D eigenvalue weighted by atomic mass is 10.3. The molecule has 4 heteroatoms. The monoisotopic (exact) mass is 199 g/mol. The molecule has 0 atom stereocenters. The van der Waals surface area contributed by atoms with Crippen molar-refractivity contribution < 1.29 is 14.3 Å². The summed E-state index contributed by atoms with van der Waals surface area (Å²) in [6.45, 7) is 5.47. The van der Waals surface area contributed by atoms with Crippen LogP contribution in [0.3, 0.4) is 0 Å². The van der Waals surface area contributed by atoms with Gasteiger partial charge in [-0.3, -0.25) is 4.99 Å². The third kappa shape index (κ3) is 5.35. The minimum atomic E-state index is -0.350. The fourth-order valence-electron chi connectivity index (χ4n) is 0.817. The number of carbonyl (C=O) groups is 1. The molecular formula is C10H17NO3. The van der Waals surface area contributed by atoms with Gasteiger partial charge in [0, 0.05) is 19.0 Å². The molecule has 0 aromatic rings. The van der Waals surface area contributed by atoms with Crippen molar-refractivity contribution in [3.8, 4) is 0 Å². The summed E-state index contributed by atoms with van der Waals surface area (Å²) in [5.74, 6) is 0.314. The first-order chi connectivity index (χ1) is 6.61. The second-order valence-corrected chi connectivity index (χ2v) is 2.84. The molecule has 0 saturated carbocycles. The van der Waals surface area contributed by atoms with E-state index in [1.807, 2.05) is 0 Å². The summed E-state index contributed by atoms with van der Waals surface area (Å²) in [5.41, 5.74) is 0.418. The maximum Gasteiger partial charge on any atom is 0.333 e. The van der Waals surface area contributed by atoms with E-state index in [4.69, 9.17) is 9.47 Å². The van der Waals surface area contributed by atoms with Crippen LogP contribution in [0.2, 0.25) is 0 Å². The van der Waals surface area contributed by atoms with Gasteiger partial charge >= 0.3 is 5.97 Å². The lowest BCUT2D eigenvalue weighted by Crippen LogP contribution is -2.08. The van der Waals surface area contributed by atoms with E-state index >= 15 is 0 Å². The van der Waals surface area contributed by atoms with Crippen molar-refractivity contribution in [1.29, 1.82) is 0 Å². The first kappa shape index (κ1) is 12.7. The molecule has 0 bridgehead atoms. The van der Waals surface area contributed by atoms with Gasteiger partial charge < -0.3 is 9.47 Å². The van der Waals surface area contributed by atoms with Gasteiger partial charge in [-0.15, -0.1) is 0 Å². The highest BCUT2D eigenvalue weighted by atomic mass is 16.5. The minimum absolute atomic E-state index is 0.350. The number of hydrogen-bond donors (Lipinski definition) is 0. The van der Waals surface area contributed by atoms with Crippen molar-refractivity contribution in [2.45, 2.75) is 19.8 Å². The SMILES string of the molecule is C=C(C)C(=O)OCCC/C(=N/C)OC. The molecule has 0 aliphatic heterocycles. The highest BCUT2D eigenvalue weighted by Gasteiger charge is 2.03. The standard InChI is InChI=1S/C10H17NO3/c1-8(2)10(12)14-7-5-6-9(11-3)13-4/h1,5-7H2,2-4H3/b11-9-. The lowest BCUT2D eigenvalue weighted by Gasteiger charge is -2.05. The molecule has 4 nitrogen and oxygen atoms in total. The summed E-state index contributed by atoms with van der Waals surface area (Å²) in [5, 5.41) is 0. The van der Waals surface area contributed by atoms with Gasteiger partial charge in [0.05, 0.1) is 13.7 Å². The van der Waals surface area contributed by atoms with E-state index in [9.17, 15) is 4.79 Å². The number of rotatable bonds is 5. The van der Waals surface area contributed by atoms with Gasteiger partial charge in [-0.05, 0) is 13.3 Å². The van der Waals surface area contributed by atoms with Gasteiger partial charge in [-0.25, -0.2) is 4.79 Å². The van der Waals surface area contributed by atoms with Crippen LogP contribution in [0, 0.1) is 0 Å². The van der Waals surface area contributed by atoms with Crippen molar-refractivity contribution in [1.82, 2.24) is 0 Å². The number of hydrogen-bond acceptors (Lipinski definition) is 4. The Balaban J connectivity index is 3.56. The topological polar surface area (TPSA) is 47.9 Å². The Morgan fingerprint density at radius 2 is 2.14 bits per heavy atom. The third-order valence-corrected chi connectivity index (χ3v) is 1.60. The summed E-state index contributed by atoms with van der Waals surface area (Å²) in [4.78, 5) is 14.8. The summed E-state index contributed by atoms with van der Waals surface area (Å²) < 4.78 is 9.84. The molecule has 0 heterocycles. The van der Waals surface area contributed by atoms with Crippen LogP contribution < -0.4 is 0 Å². The van der Waals surface area contributed by atoms with E-state index in [1.165, 1.54) is 0 Å². The van der Waals surface area contributed by atoms with Crippen LogP contribution in [0.25, 0.3) is 0 Å². The molecule has 14 heavy (non-hydrogen) atoms. The molecular weight excluding hydrogens is 182 g/mol. The second kappa shape index (κ2) is 7.12. The fraction of sp³-hybridized carbons (Fsp3) is 0.600. The zero-order valence-electron chi connectivity index (χ0n) is 9.00. The van der Waals surface area contributed by atoms with Crippen molar-refractivity contribution in [3.05, 3.63) is 12.2 Å². The van der Waals surface area contributed by atoms with Gasteiger partial charge in [0.25, 0.3) is 0 Å². The smallest absolute Gasteiger partial charge is 0.333 e. The number of carbonyl (C=O) groups excluding carboxylic acids is 1. The molecule has 0 aliphatic rings.